The molecule has 3 heterocycles. The van der Waals surface area contributed by atoms with Crippen molar-refractivity contribution in [1.29, 1.82) is 0 Å². The Bertz CT molecular complexity index is 2170. The van der Waals surface area contributed by atoms with Crippen LogP contribution < -0.4 is 24.8 Å². The summed E-state index contributed by atoms with van der Waals surface area (Å²) in [6.45, 7) is 9.48. The molecule has 10 nitrogen and oxygen atoms in total. The summed E-state index contributed by atoms with van der Waals surface area (Å²) in [6.07, 6.45) is 12.5. The Hall–Kier alpha value is -6.94. The van der Waals surface area contributed by atoms with Crippen LogP contribution in [0.15, 0.2) is 159 Å². The van der Waals surface area contributed by atoms with Gasteiger partial charge in [0.25, 0.3) is 0 Å². The van der Waals surface area contributed by atoms with E-state index in [1.54, 1.807) is 12.4 Å². The molecule has 0 aliphatic carbocycles. The number of nitrogens with zero attached hydrogens (tertiary/aromatic N) is 4. The molecule has 10 heteroatoms. The third-order valence-corrected chi connectivity index (χ3v) is 7.87. The molecule has 0 atom stereocenters. The molecular formula is C44H42N6O4. The van der Waals surface area contributed by atoms with E-state index in [1.807, 2.05) is 121 Å². The van der Waals surface area contributed by atoms with Gasteiger partial charge in [-0.2, -0.15) is 0 Å². The van der Waals surface area contributed by atoms with Crippen molar-refractivity contribution >= 4 is 23.3 Å². The van der Waals surface area contributed by atoms with Gasteiger partial charge >= 0.3 is 0 Å². The van der Waals surface area contributed by atoms with Crippen LogP contribution in [0.1, 0.15) is 18.4 Å². The lowest BCUT2D eigenvalue weighted by Crippen LogP contribution is -1.99. The molecular weight excluding hydrogens is 677 g/mol. The number of hydrogen-bond donors (Lipinski definition) is 2. The van der Waals surface area contributed by atoms with E-state index >= 15 is 0 Å². The van der Waals surface area contributed by atoms with Crippen molar-refractivity contribution in [3.05, 3.63) is 165 Å². The fourth-order valence-corrected chi connectivity index (χ4v) is 5.30. The van der Waals surface area contributed by atoms with Crippen molar-refractivity contribution in [3.63, 3.8) is 0 Å². The Morgan fingerprint density at radius 3 is 2.41 bits per heavy atom. The molecule has 1 aliphatic rings. The van der Waals surface area contributed by atoms with Crippen molar-refractivity contribution in [3.8, 4) is 39.8 Å². The van der Waals surface area contributed by atoms with Crippen LogP contribution in [0.25, 0.3) is 22.5 Å². The van der Waals surface area contributed by atoms with Crippen molar-refractivity contribution < 1.29 is 18.9 Å². The summed E-state index contributed by atoms with van der Waals surface area (Å²) in [6, 6.07) is 35.2. The molecule has 2 N–H and O–H groups in total. The molecule has 0 saturated carbocycles. The lowest BCUT2D eigenvalue weighted by molar-refractivity contribution is 0.238. The lowest BCUT2D eigenvalue weighted by Gasteiger charge is -2.09. The predicted molar refractivity (Wildman–Crippen MR) is 214 cm³/mol. The van der Waals surface area contributed by atoms with Gasteiger partial charge in [-0.1, -0.05) is 67.3 Å². The Morgan fingerprint density at radius 2 is 1.54 bits per heavy atom. The summed E-state index contributed by atoms with van der Waals surface area (Å²) in [5.74, 6) is 3.49. The molecule has 7 rings (SSSR count). The number of anilines is 4. The molecule has 0 fully saturated rings. The maximum Gasteiger partial charge on any atom is 0.227 e. The van der Waals surface area contributed by atoms with Crippen LogP contribution in [-0.4, -0.2) is 39.8 Å². The van der Waals surface area contributed by atoms with Gasteiger partial charge in [0.15, 0.2) is 0 Å². The maximum atomic E-state index is 5.83. The summed E-state index contributed by atoms with van der Waals surface area (Å²) in [5.41, 5.74) is 6.42. The van der Waals surface area contributed by atoms with E-state index < -0.39 is 0 Å². The Labute approximate surface area is 315 Å². The number of ether oxygens (including phenoxy) is 4. The second-order valence-corrected chi connectivity index (χ2v) is 11.9. The van der Waals surface area contributed by atoms with Crippen molar-refractivity contribution in [2.75, 3.05) is 30.5 Å². The van der Waals surface area contributed by atoms with Gasteiger partial charge in [0.05, 0.1) is 30.9 Å². The Morgan fingerprint density at radius 1 is 0.759 bits per heavy atom. The third-order valence-electron chi connectivity index (χ3n) is 7.87. The largest absolute Gasteiger partial charge is 0.497 e. The second kappa shape index (κ2) is 19.6. The van der Waals surface area contributed by atoms with Crippen LogP contribution >= 0.6 is 0 Å². The van der Waals surface area contributed by atoms with E-state index in [1.165, 1.54) is 6.26 Å². The molecule has 2 aromatic heterocycles. The van der Waals surface area contributed by atoms with Gasteiger partial charge in [0.2, 0.25) is 11.9 Å². The summed E-state index contributed by atoms with van der Waals surface area (Å²) >= 11 is 0. The number of hydrogen-bond acceptors (Lipinski definition) is 10. The summed E-state index contributed by atoms with van der Waals surface area (Å²) in [5, 5.41) is 6.48. The van der Waals surface area contributed by atoms with Gasteiger partial charge < -0.3 is 29.6 Å². The molecule has 4 aromatic carbocycles. The summed E-state index contributed by atoms with van der Waals surface area (Å²) in [7, 11) is 0. The molecule has 0 saturated heterocycles. The SMILES string of the molecule is C1=C/COc2cccc(c2)Nc2nccc(n2)-c2cccc(c2)OCC/1.C=CCCOc1cccc(-c2ccnc(Nc3cccc(COC=C)c3)n2)c1. The van der Waals surface area contributed by atoms with Crippen molar-refractivity contribution in [1.82, 2.24) is 19.9 Å². The quantitative estimate of drug-likeness (QED) is 0.0806. The van der Waals surface area contributed by atoms with Crippen LogP contribution in [0, 0.1) is 0 Å². The zero-order chi connectivity index (χ0) is 37.2. The average Bonchev–Trinajstić information content (AvgIpc) is 3.21. The smallest absolute Gasteiger partial charge is 0.227 e. The van der Waals surface area contributed by atoms with Gasteiger partial charge in [-0.3, -0.25) is 0 Å². The van der Waals surface area contributed by atoms with Crippen LogP contribution in [0.4, 0.5) is 23.3 Å². The normalized spacial score (nSPS) is 12.4. The van der Waals surface area contributed by atoms with E-state index in [-0.39, 0.29) is 0 Å². The summed E-state index contributed by atoms with van der Waals surface area (Å²) in [4.78, 5) is 17.9. The Balaban J connectivity index is 0.000000185. The maximum absolute atomic E-state index is 5.83. The van der Waals surface area contributed by atoms with Gasteiger partial charge in [0.1, 0.15) is 30.5 Å². The van der Waals surface area contributed by atoms with E-state index in [2.05, 4.69) is 49.8 Å². The summed E-state index contributed by atoms with van der Waals surface area (Å²) < 4.78 is 22.6. The molecule has 1 aliphatic heterocycles. The van der Waals surface area contributed by atoms with Gasteiger partial charge in [0, 0.05) is 41.0 Å². The fraction of sp³-hybridized carbons (Fsp3) is 0.136. The van der Waals surface area contributed by atoms with E-state index in [9.17, 15) is 0 Å². The zero-order valence-corrected chi connectivity index (χ0v) is 29.9. The molecule has 54 heavy (non-hydrogen) atoms. The van der Waals surface area contributed by atoms with E-state index in [0.717, 1.165) is 69.5 Å². The molecule has 0 amide bonds. The second-order valence-electron chi connectivity index (χ2n) is 11.9. The number of fused-ring (bicyclic) bond motifs is 7. The molecule has 272 valence electrons. The molecule has 0 spiro atoms. The highest BCUT2D eigenvalue weighted by Crippen LogP contribution is 2.26. The van der Waals surface area contributed by atoms with Gasteiger partial charge in [-0.15, -0.1) is 6.58 Å². The van der Waals surface area contributed by atoms with E-state index in [0.29, 0.717) is 38.3 Å². The first-order valence-corrected chi connectivity index (χ1v) is 17.6. The minimum Gasteiger partial charge on any atom is -0.497 e. The number of aromatic nitrogens is 4. The Kier molecular flexibility index (Phi) is 13.4. The topological polar surface area (TPSA) is 113 Å². The van der Waals surface area contributed by atoms with Gasteiger partial charge in [-0.05, 0) is 79.1 Å². The van der Waals surface area contributed by atoms with E-state index in [4.69, 9.17) is 18.9 Å². The first kappa shape index (κ1) is 36.8. The highest BCUT2D eigenvalue weighted by molar-refractivity contribution is 5.65. The number of benzene rings is 4. The lowest BCUT2D eigenvalue weighted by atomic mass is 10.1. The highest BCUT2D eigenvalue weighted by Gasteiger charge is 2.07. The van der Waals surface area contributed by atoms with Crippen LogP contribution in [0.2, 0.25) is 0 Å². The molecule has 0 radical (unpaired) electrons. The average molecular weight is 719 g/mol. The fourth-order valence-electron chi connectivity index (χ4n) is 5.30. The first-order valence-electron chi connectivity index (χ1n) is 17.6. The highest BCUT2D eigenvalue weighted by atomic mass is 16.5. The van der Waals surface area contributed by atoms with Crippen molar-refractivity contribution in [2.45, 2.75) is 19.4 Å². The molecule has 0 unspecified atom stereocenters. The van der Waals surface area contributed by atoms with Crippen LogP contribution in [-0.2, 0) is 11.3 Å². The van der Waals surface area contributed by atoms with Crippen molar-refractivity contribution in [2.24, 2.45) is 0 Å². The monoisotopic (exact) mass is 718 g/mol. The van der Waals surface area contributed by atoms with Crippen LogP contribution in [0.5, 0.6) is 17.2 Å². The van der Waals surface area contributed by atoms with Gasteiger partial charge in [-0.25, -0.2) is 19.9 Å². The number of rotatable bonds is 10. The predicted octanol–water partition coefficient (Wildman–Crippen LogP) is 10.1. The molecule has 6 bridgehead atoms. The van der Waals surface area contributed by atoms with Crippen LogP contribution in [0.3, 0.4) is 0 Å². The standard InChI is InChI=1S/C23H23N3O2.C21H19N3O2/c1-3-5-14-28-21-11-7-9-19(16-21)22-12-13-24-23(26-22)25-20-10-6-8-18(15-20)17-27-4-2;1-2-12-25-18-8-4-6-16(14-18)20-10-11-22-21(24-20)23-17-7-5-9-19(15-17)26-13-3-1/h3-4,6-13,15-16H,1-2,5,14,17H2,(H,24,25,26);1,3-11,14-15H,2,12-13H2,(H,22,23,24)/b;3-1+. The third kappa shape index (κ3) is 11.3. The number of nitrogens with one attached hydrogen (secondary N) is 2. The zero-order valence-electron chi connectivity index (χ0n) is 29.9. The minimum absolute atomic E-state index is 0.471. The molecule has 6 aromatic rings. The minimum atomic E-state index is 0.471. The first-order chi connectivity index (χ1) is 26.6.